The van der Waals surface area contributed by atoms with E-state index in [0.29, 0.717) is 15.0 Å². The van der Waals surface area contributed by atoms with Crippen LogP contribution in [0, 0.1) is 10.8 Å². The van der Waals surface area contributed by atoms with Gasteiger partial charge in [0.15, 0.2) is 0 Å². The quantitative estimate of drug-likeness (QED) is 0.264. The van der Waals surface area contributed by atoms with Crippen LogP contribution in [0.3, 0.4) is 0 Å². The Kier molecular flexibility index (Phi) is 8.11. The summed E-state index contributed by atoms with van der Waals surface area (Å²) in [5.74, 6) is -1.04. The number of rotatable bonds is 8. The number of hydrogen-bond acceptors (Lipinski definition) is 7. The topological polar surface area (TPSA) is 90.9 Å². The average molecular weight is 506 g/mol. The van der Waals surface area contributed by atoms with Crippen LogP contribution in [0.15, 0.2) is 24.3 Å². The number of carbonyl (C=O) groups excluding carboxylic acids is 2. The highest BCUT2D eigenvalue weighted by atomic mass is 32.1. The zero-order valence-corrected chi connectivity index (χ0v) is 21.5. The molecule has 33 heavy (non-hydrogen) atoms. The number of halogens is 2. The standard InChI is InChI=1S/C22H30F2NO6PS/c1-20(2,3)12-30-32(28,31-13-29-19(27)21(4,5)6)22(23,24)15-8-9-16-14(10-15)11-17(33-16)18(26)25-7/h8-11H,12-13H2,1-7H3,(H,25,26). The molecule has 1 atom stereocenters. The molecular formula is C22H30F2NO6PS. The third-order valence-electron chi connectivity index (χ3n) is 4.35. The van der Waals surface area contributed by atoms with Gasteiger partial charge in [-0.1, -0.05) is 26.8 Å². The predicted octanol–water partition coefficient (Wildman–Crippen LogP) is 6.13. The summed E-state index contributed by atoms with van der Waals surface area (Å²) >= 11 is 1.14. The van der Waals surface area contributed by atoms with Gasteiger partial charge in [-0.15, -0.1) is 11.3 Å². The van der Waals surface area contributed by atoms with Crippen molar-refractivity contribution in [3.63, 3.8) is 0 Å². The summed E-state index contributed by atoms with van der Waals surface area (Å²) in [6, 6.07) is 5.16. The van der Waals surface area contributed by atoms with Crippen LogP contribution in [-0.2, 0) is 28.8 Å². The first-order chi connectivity index (χ1) is 15.0. The van der Waals surface area contributed by atoms with Gasteiger partial charge in [-0.2, -0.15) is 8.78 Å². The maximum Gasteiger partial charge on any atom is 0.407 e. The van der Waals surface area contributed by atoms with E-state index in [-0.39, 0.29) is 12.5 Å². The molecule has 1 aromatic heterocycles. The van der Waals surface area contributed by atoms with Crippen molar-refractivity contribution in [1.29, 1.82) is 0 Å². The van der Waals surface area contributed by atoms with Crippen molar-refractivity contribution < 1.29 is 36.7 Å². The number of ether oxygens (including phenoxy) is 1. The lowest BCUT2D eigenvalue weighted by molar-refractivity contribution is -0.160. The molecule has 0 aliphatic heterocycles. The molecule has 2 aromatic rings. The molecule has 11 heteroatoms. The third kappa shape index (κ3) is 6.59. The highest BCUT2D eigenvalue weighted by molar-refractivity contribution is 7.54. The van der Waals surface area contributed by atoms with E-state index in [2.05, 4.69) is 5.32 Å². The molecule has 1 aromatic carbocycles. The van der Waals surface area contributed by atoms with Crippen LogP contribution in [0.5, 0.6) is 0 Å². The maximum atomic E-state index is 15.6. The van der Waals surface area contributed by atoms with Crippen LogP contribution in [-0.4, -0.2) is 32.3 Å². The summed E-state index contributed by atoms with van der Waals surface area (Å²) in [5, 5.41) is 2.87. The van der Waals surface area contributed by atoms with Gasteiger partial charge in [-0.3, -0.25) is 18.7 Å². The van der Waals surface area contributed by atoms with E-state index in [1.807, 2.05) is 0 Å². The van der Waals surface area contributed by atoms with E-state index < -0.39 is 42.4 Å². The van der Waals surface area contributed by atoms with Gasteiger partial charge >= 0.3 is 19.2 Å². The summed E-state index contributed by atoms with van der Waals surface area (Å²) in [5.41, 5.74) is -6.13. The van der Waals surface area contributed by atoms with Crippen molar-refractivity contribution in [3.05, 3.63) is 34.7 Å². The van der Waals surface area contributed by atoms with Gasteiger partial charge < -0.3 is 14.6 Å². The zero-order valence-electron chi connectivity index (χ0n) is 19.8. The van der Waals surface area contributed by atoms with Crippen LogP contribution in [0.4, 0.5) is 8.78 Å². The van der Waals surface area contributed by atoms with Crippen molar-refractivity contribution in [2.45, 2.75) is 47.2 Å². The maximum absolute atomic E-state index is 15.6. The molecule has 0 saturated carbocycles. The third-order valence-corrected chi connectivity index (χ3v) is 7.33. The van der Waals surface area contributed by atoms with Crippen LogP contribution in [0.1, 0.15) is 56.8 Å². The normalized spacial score (nSPS) is 14.7. The molecule has 1 unspecified atom stereocenters. The van der Waals surface area contributed by atoms with Crippen molar-refractivity contribution >= 4 is 40.9 Å². The molecule has 0 saturated heterocycles. The molecule has 1 amide bonds. The Bertz CT molecular complexity index is 1070. The second-order valence-corrected chi connectivity index (χ2v) is 12.9. The van der Waals surface area contributed by atoms with E-state index in [4.69, 9.17) is 13.8 Å². The second-order valence-electron chi connectivity index (χ2n) is 9.74. The molecule has 0 spiro atoms. The molecule has 0 bridgehead atoms. The van der Waals surface area contributed by atoms with Gasteiger partial charge in [0.05, 0.1) is 16.9 Å². The van der Waals surface area contributed by atoms with E-state index in [1.54, 1.807) is 41.5 Å². The first-order valence-corrected chi connectivity index (χ1v) is 12.6. The lowest BCUT2D eigenvalue weighted by Gasteiger charge is -2.29. The Morgan fingerprint density at radius 3 is 2.24 bits per heavy atom. The smallest absolute Gasteiger partial charge is 0.407 e. The molecule has 0 fully saturated rings. The van der Waals surface area contributed by atoms with Gasteiger partial charge in [-0.25, -0.2) is 0 Å². The lowest BCUT2D eigenvalue weighted by Crippen LogP contribution is -2.26. The molecule has 0 aliphatic rings. The van der Waals surface area contributed by atoms with E-state index in [9.17, 15) is 14.2 Å². The number of carbonyl (C=O) groups is 2. The number of benzene rings is 1. The van der Waals surface area contributed by atoms with Gasteiger partial charge in [-0.05, 0) is 49.8 Å². The van der Waals surface area contributed by atoms with Gasteiger partial charge in [0.1, 0.15) is 0 Å². The molecule has 0 radical (unpaired) electrons. The highest BCUT2D eigenvalue weighted by Gasteiger charge is 2.56. The van der Waals surface area contributed by atoms with Crippen molar-refractivity contribution in [3.8, 4) is 0 Å². The molecule has 184 valence electrons. The Hall–Kier alpha value is -1.87. The number of nitrogens with one attached hydrogen (secondary N) is 1. The number of amides is 1. The second kappa shape index (κ2) is 9.78. The van der Waals surface area contributed by atoms with Gasteiger partial charge in [0.2, 0.25) is 6.79 Å². The highest BCUT2D eigenvalue weighted by Crippen LogP contribution is 2.67. The minimum absolute atomic E-state index is 0.283. The Morgan fingerprint density at radius 2 is 1.70 bits per heavy atom. The lowest BCUT2D eigenvalue weighted by atomic mass is 9.98. The molecule has 1 heterocycles. The predicted molar refractivity (Wildman–Crippen MR) is 124 cm³/mol. The first-order valence-electron chi connectivity index (χ1n) is 10.2. The van der Waals surface area contributed by atoms with E-state index in [0.717, 1.165) is 23.5 Å². The number of esters is 1. The monoisotopic (exact) mass is 505 g/mol. The van der Waals surface area contributed by atoms with Gasteiger partial charge in [0, 0.05) is 17.3 Å². The van der Waals surface area contributed by atoms with Crippen molar-refractivity contribution in [2.75, 3.05) is 20.4 Å². The molecular weight excluding hydrogens is 475 g/mol. The fraction of sp³-hybridized carbons (Fsp3) is 0.545. The summed E-state index contributed by atoms with van der Waals surface area (Å²) in [6.45, 7) is 8.71. The number of hydrogen-bond donors (Lipinski definition) is 1. The van der Waals surface area contributed by atoms with Crippen molar-refractivity contribution in [2.24, 2.45) is 10.8 Å². The summed E-state index contributed by atoms with van der Waals surface area (Å²) in [7, 11) is -3.66. The summed E-state index contributed by atoms with van der Waals surface area (Å²) < 4.78 is 60.1. The Balaban J connectivity index is 2.39. The Labute approximate surface area is 196 Å². The molecule has 1 N–H and O–H groups in total. The fourth-order valence-electron chi connectivity index (χ4n) is 2.47. The van der Waals surface area contributed by atoms with Gasteiger partial charge in [0.25, 0.3) is 5.91 Å². The largest absolute Gasteiger partial charge is 0.438 e. The molecule has 0 aliphatic carbocycles. The van der Waals surface area contributed by atoms with E-state index in [1.165, 1.54) is 19.2 Å². The SMILES string of the molecule is CNC(=O)c1cc2cc(C(F)(F)P(=O)(OCOC(=O)C(C)(C)C)OCC(C)(C)C)ccc2s1. The minimum atomic E-state index is -5.13. The van der Waals surface area contributed by atoms with Crippen LogP contribution < -0.4 is 5.32 Å². The number of fused-ring (bicyclic) bond motifs is 1. The molecule has 2 rings (SSSR count). The Morgan fingerprint density at radius 1 is 1.06 bits per heavy atom. The van der Waals surface area contributed by atoms with Crippen LogP contribution >= 0.6 is 18.9 Å². The van der Waals surface area contributed by atoms with Crippen LogP contribution in [0.25, 0.3) is 10.1 Å². The molecule has 7 nitrogen and oxygen atoms in total. The van der Waals surface area contributed by atoms with Crippen molar-refractivity contribution in [1.82, 2.24) is 5.32 Å². The van der Waals surface area contributed by atoms with Crippen LogP contribution in [0.2, 0.25) is 0 Å². The number of alkyl halides is 2. The average Bonchev–Trinajstić information content (AvgIpc) is 3.13. The first kappa shape index (κ1) is 27.4. The summed E-state index contributed by atoms with van der Waals surface area (Å²) in [4.78, 5) is 24.2. The summed E-state index contributed by atoms with van der Waals surface area (Å²) in [6.07, 6.45) is 0. The van der Waals surface area contributed by atoms with E-state index >= 15 is 8.78 Å². The zero-order chi connectivity index (χ0) is 25.2. The minimum Gasteiger partial charge on any atom is -0.438 e. The number of thiophene rings is 1. The fourth-order valence-corrected chi connectivity index (χ4v) is 5.06.